The molecule has 0 unspecified atom stereocenters. The van der Waals surface area contributed by atoms with Crippen molar-refractivity contribution in [3.8, 4) is 0 Å². The lowest BCUT2D eigenvalue weighted by Gasteiger charge is -2.25. The Kier molecular flexibility index (Phi) is 5.84. The summed E-state index contributed by atoms with van der Waals surface area (Å²) in [5.74, 6) is 4.67. The summed E-state index contributed by atoms with van der Waals surface area (Å²) < 4.78 is 5.37. The van der Waals surface area contributed by atoms with Crippen molar-refractivity contribution in [3.05, 3.63) is 59.8 Å². The van der Waals surface area contributed by atoms with E-state index >= 15 is 0 Å². The fraction of sp³-hybridized carbons (Fsp3) is 0.278. The van der Waals surface area contributed by atoms with Gasteiger partial charge in [0.1, 0.15) is 18.0 Å². The fourth-order valence-corrected chi connectivity index (χ4v) is 2.06. The van der Waals surface area contributed by atoms with Gasteiger partial charge in [-0.25, -0.2) is 15.7 Å². The zero-order chi connectivity index (χ0) is 18.4. The summed E-state index contributed by atoms with van der Waals surface area (Å²) in [4.78, 5) is 35.2. The van der Waals surface area contributed by atoms with E-state index in [-0.39, 0.29) is 12.4 Å². The lowest BCUT2D eigenvalue weighted by atomic mass is 10.2. The number of imide groups is 1. The van der Waals surface area contributed by atoms with Crippen LogP contribution in [-0.4, -0.2) is 22.6 Å². The topological polar surface area (TPSA) is 94.8 Å². The van der Waals surface area contributed by atoms with Gasteiger partial charge in [0.05, 0.1) is 5.69 Å². The van der Waals surface area contributed by atoms with Gasteiger partial charge >= 0.3 is 6.09 Å². The van der Waals surface area contributed by atoms with Crippen LogP contribution in [0.25, 0.3) is 0 Å². The van der Waals surface area contributed by atoms with Gasteiger partial charge < -0.3 is 4.74 Å². The predicted molar refractivity (Wildman–Crippen MR) is 92.7 cm³/mol. The number of hydrogen-bond donors (Lipinski definition) is 1. The normalized spacial score (nSPS) is 11.0. The molecule has 0 radical (unpaired) electrons. The van der Waals surface area contributed by atoms with Crippen LogP contribution in [0, 0.1) is 0 Å². The van der Waals surface area contributed by atoms with Crippen molar-refractivity contribution in [1.29, 1.82) is 0 Å². The molecule has 2 N–H and O–H groups in total. The third-order valence-corrected chi connectivity index (χ3v) is 3.05. The maximum absolute atomic E-state index is 12.9. The van der Waals surface area contributed by atoms with Gasteiger partial charge in [0.25, 0.3) is 5.91 Å². The molecule has 0 spiro atoms. The van der Waals surface area contributed by atoms with E-state index in [2.05, 4.69) is 9.82 Å². The number of nitrogens with zero attached hydrogens (tertiary/aromatic N) is 2. The highest BCUT2D eigenvalue weighted by atomic mass is 16.6. The van der Waals surface area contributed by atoms with Crippen LogP contribution in [0.3, 0.4) is 0 Å². The highest BCUT2D eigenvalue weighted by molar-refractivity contribution is 6.18. The fourth-order valence-electron chi connectivity index (χ4n) is 2.06. The number of hydrogen-bond acceptors (Lipinski definition) is 6. The Morgan fingerprint density at radius 2 is 1.76 bits per heavy atom. The molecule has 0 saturated heterocycles. The Bertz CT molecular complexity index is 741. The number of benzene rings is 1. The van der Waals surface area contributed by atoms with Crippen LogP contribution in [-0.2, 0) is 16.2 Å². The molecule has 25 heavy (non-hydrogen) atoms. The molecule has 0 aliphatic rings. The van der Waals surface area contributed by atoms with Crippen LogP contribution in [0.1, 0.15) is 36.8 Å². The van der Waals surface area contributed by atoms with Crippen molar-refractivity contribution in [3.63, 3.8) is 0 Å². The first-order valence-corrected chi connectivity index (χ1v) is 7.72. The average molecular weight is 343 g/mol. The van der Waals surface area contributed by atoms with Gasteiger partial charge in [-0.05, 0) is 45.0 Å². The Hall–Kier alpha value is -2.77. The summed E-state index contributed by atoms with van der Waals surface area (Å²) in [7, 11) is 0. The maximum Gasteiger partial charge on any atom is 0.423 e. The zero-order valence-corrected chi connectivity index (χ0v) is 14.4. The highest BCUT2D eigenvalue weighted by Crippen LogP contribution is 2.20. The van der Waals surface area contributed by atoms with Gasteiger partial charge in [-0.3, -0.25) is 9.63 Å². The van der Waals surface area contributed by atoms with Crippen molar-refractivity contribution in [2.24, 2.45) is 5.90 Å². The van der Waals surface area contributed by atoms with Crippen LogP contribution < -0.4 is 10.8 Å². The summed E-state index contributed by atoms with van der Waals surface area (Å²) in [5.41, 5.74) is 0.0645. The maximum atomic E-state index is 12.9. The lowest BCUT2D eigenvalue weighted by molar-refractivity contribution is 0.0562. The van der Waals surface area contributed by atoms with E-state index in [0.29, 0.717) is 11.3 Å². The standard InChI is InChI=1S/C18H21N3O4/c1-18(2,3)25-17(23)21(16(22)13-8-5-4-6-9-13)15-11-7-10-14(20-15)12-24-19/h4-11H,12,19H2,1-3H3. The number of carbonyl (C=O) groups excluding carboxylic acids is 2. The quantitative estimate of drug-likeness (QED) is 0.857. The summed E-state index contributed by atoms with van der Waals surface area (Å²) in [6.45, 7) is 5.22. The SMILES string of the molecule is CC(C)(C)OC(=O)N(C(=O)c1ccccc1)c1cccc(CON)n1. The van der Waals surface area contributed by atoms with Gasteiger partial charge in [0.15, 0.2) is 0 Å². The molecule has 0 bridgehead atoms. The Balaban J connectivity index is 2.43. The first kappa shape index (κ1) is 18.6. The number of carbonyl (C=O) groups is 2. The minimum absolute atomic E-state index is 0.0511. The number of pyridine rings is 1. The molecule has 1 aromatic heterocycles. The van der Waals surface area contributed by atoms with Crippen molar-refractivity contribution in [2.75, 3.05) is 4.90 Å². The molecule has 7 heteroatoms. The molecule has 2 amide bonds. The van der Waals surface area contributed by atoms with E-state index in [1.807, 2.05) is 0 Å². The lowest BCUT2D eigenvalue weighted by Crippen LogP contribution is -2.41. The molecule has 0 saturated carbocycles. The van der Waals surface area contributed by atoms with Gasteiger partial charge in [0.2, 0.25) is 0 Å². The number of nitrogens with two attached hydrogens (primary N) is 1. The van der Waals surface area contributed by atoms with Gasteiger partial charge in [-0.15, -0.1) is 0 Å². The molecule has 7 nitrogen and oxygen atoms in total. The van der Waals surface area contributed by atoms with Crippen molar-refractivity contribution >= 4 is 17.8 Å². The van der Waals surface area contributed by atoms with E-state index in [1.54, 1.807) is 69.3 Å². The molecule has 0 aliphatic heterocycles. The van der Waals surface area contributed by atoms with Crippen LogP contribution in [0.15, 0.2) is 48.5 Å². The van der Waals surface area contributed by atoms with Crippen molar-refractivity contribution in [1.82, 2.24) is 4.98 Å². The molecule has 1 aromatic carbocycles. The number of anilines is 1. The summed E-state index contributed by atoms with van der Waals surface area (Å²) in [6.07, 6.45) is -0.806. The molecule has 0 atom stereocenters. The minimum Gasteiger partial charge on any atom is -0.443 e. The van der Waals surface area contributed by atoms with E-state index in [0.717, 1.165) is 4.90 Å². The smallest absolute Gasteiger partial charge is 0.423 e. The molecule has 2 rings (SSSR count). The number of amides is 2. The minimum atomic E-state index is -0.806. The first-order valence-electron chi connectivity index (χ1n) is 7.72. The van der Waals surface area contributed by atoms with E-state index in [1.165, 1.54) is 0 Å². The number of rotatable bonds is 4. The molecule has 1 heterocycles. The molecular weight excluding hydrogens is 322 g/mol. The average Bonchev–Trinajstić information content (AvgIpc) is 2.55. The summed E-state index contributed by atoms with van der Waals surface area (Å²) in [6, 6.07) is 13.3. The first-order chi connectivity index (χ1) is 11.8. The highest BCUT2D eigenvalue weighted by Gasteiger charge is 2.30. The Morgan fingerprint density at radius 3 is 2.36 bits per heavy atom. The summed E-state index contributed by atoms with van der Waals surface area (Å²) in [5, 5.41) is 0. The van der Waals surface area contributed by atoms with E-state index in [4.69, 9.17) is 10.6 Å². The van der Waals surface area contributed by atoms with Gasteiger partial charge in [0, 0.05) is 5.56 Å². The number of aromatic nitrogens is 1. The van der Waals surface area contributed by atoms with Crippen molar-refractivity contribution in [2.45, 2.75) is 33.0 Å². The van der Waals surface area contributed by atoms with E-state index in [9.17, 15) is 9.59 Å². The van der Waals surface area contributed by atoms with Crippen LogP contribution in [0.2, 0.25) is 0 Å². The monoisotopic (exact) mass is 343 g/mol. The zero-order valence-electron chi connectivity index (χ0n) is 14.4. The van der Waals surface area contributed by atoms with Crippen LogP contribution in [0.5, 0.6) is 0 Å². The largest absolute Gasteiger partial charge is 0.443 e. The van der Waals surface area contributed by atoms with Crippen LogP contribution >= 0.6 is 0 Å². The Labute approximate surface area is 146 Å². The molecule has 132 valence electrons. The van der Waals surface area contributed by atoms with Crippen LogP contribution in [0.4, 0.5) is 10.6 Å². The second-order valence-corrected chi connectivity index (χ2v) is 6.29. The third-order valence-electron chi connectivity index (χ3n) is 3.05. The Morgan fingerprint density at radius 1 is 1.08 bits per heavy atom. The summed E-state index contributed by atoms with van der Waals surface area (Å²) >= 11 is 0. The second kappa shape index (κ2) is 7.87. The third kappa shape index (κ3) is 5.10. The predicted octanol–water partition coefficient (Wildman–Crippen LogP) is 3.05. The molecule has 2 aromatic rings. The number of ether oxygens (including phenoxy) is 1. The molecule has 0 aliphatic carbocycles. The van der Waals surface area contributed by atoms with Crippen molar-refractivity contribution < 1.29 is 19.2 Å². The van der Waals surface area contributed by atoms with Gasteiger partial charge in [-0.1, -0.05) is 24.3 Å². The van der Waals surface area contributed by atoms with Gasteiger partial charge in [-0.2, -0.15) is 4.90 Å². The molecule has 0 fully saturated rings. The molecular formula is C18H21N3O4. The second-order valence-electron chi connectivity index (χ2n) is 6.29. The van der Waals surface area contributed by atoms with E-state index < -0.39 is 17.6 Å².